The Kier molecular flexibility index (Phi) is 6.16. The molecule has 1 heterocycles. The second-order valence-corrected chi connectivity index (χ2v) is 7.87. The maximum absolute atomic E-state index is 12.3. The van der Waals surface area contributed by atoms with Gasteiger partial charge in [-0.2, -0.15) is 0 Å². The first-order valence-corrected chi connectivity index (χ1v) is 8.92. The quantitative estimate of drug-likeness (QED) is 0.759. The number of nitrogens with two attached hydrogens (primary N) is 1. The summed E-state index contributed by atoms with van der Waals surface area (Å²) >= 11 is 2.51. The standard InChI is InChI=1S/C15H19N5O2S2/c1-9-4-6-11(7-5-9)17-12(21)8-20(3)13(22)10(2)23-15-19-18-14(16)24-15/h4-7,10H,8H2,1-3H3,(H2,16,18)(H,17,21)/t10-/m1/s1. The Morgan fingerprint density at radius 2 is 2.00 bits per heavy atom. The van der Waals surface area contributed by atoms with Crippen molar-refractivity contribution in [2.75, 3.05) is 24.6 Å². The number of nitrogens with one attached hydrogen (secondary N) is 1. The van der Waals surface area contributed by atoms with Gasteiger partial charge in [-0.15, -0.1) is 10.2 Å². The Bertz CT molecular complexity index is 717. The summed E-state index contributed by atoms with van der Waals surface area (Å²) in [5, 5.41) is 10.3. The highest BCUT2D eigenvalue weighted by atomic mass is 32.2. The van der Waals surface area contributed by atoms with Crippen LogP contribution in [0.25, 0.3) is 0 Å². The van der Waals surface area contributed by atoms with Crippen molar-refractivity contribution < 1.29 is 9.59 Å². The Morgan fingerprint density at radius 3 is 2.58 bits per heavy atom. The molecule has 0 spiro atoms. The fourth-order valence-electron chi connectivity index (χ4n) is 1.91. The van der Waals surface area contributed by atoms with E-state index in [1.807, 2.05) is 31.2 Å². The summed E-state index contributed by atoms with van der Waals surface area (Å²) in [6, 6.07) is 7.48. The topological polar surface area (TPSA) is 101 Å². The number of thioether (sulfide) groups is 1. The molecule has 0 radical (unpaired) electrons. The predicted octanol–water partition coefficient (Wildman–Crippen LogP) is 2.01. The third-order valence-electron chi connectivity index (χ3n) is 3.14. The number of rotatable bonds is 6. The fourth-order valence-corrected chi connectivity index (χ4v) is 3.81. The van der Waals surface area contributed by atoms with Crippen LogP contribution in [-0.2, 0) is 9.59 Å². The van der Waals surface area contributed by atoms with E-state index < -0.39 is 0 Å². The van der Waals surface area contributed by atoms with Gasteiger partial charge in [0.05, 0.1) is 11.8 Å². The van der Waals surface area contributed by atoms with Gasteiger partial charge in [0.25, 0.3) is 0 Å². The van der Waals surface area contributed by atoms with E-state index in [1.165, 1.54) is 28.0 Å². The molecular formula is C15H19N5O2S2. The second-order valence-electron chi connectivity index (χ2n) is 5.27. The zero-order chi connectivity index (χ0) is 17.7. The number of aromatic nitrogens is 2. The average molecular weight is 365 g/mol. The maximum atomic E-state index is 12.3. The number of hydrogen-bond acceptors (Lipinski definition) is 7. The van der Waals surface area contributed by atoms with Gasteiger partial charge in [0.2, 0.25) is 16.9 Å². The zero-order valence-corrected chi connectivity index (χ0v) is 15.3. The first-order chi connectivity index (χ1) is 11.3. The van der Waals surface area contributed by atoms with E-state index in [0.717, 1.165) is 5.56 Å². The smallest absolute Gasteiger partial charge is 0.243 e. The van der Waals surface area contributed by atoms with Crippen LogP contribution >= 0.6 is 23.1 Å². The summed E-state index contributed by atoms with van der Waals surface area (Å²) in [7, 11) is 1.60. The Morgan fingerprint density at radius 1 is 1.33 bits per heavy atom. The van der Waals surface area contributed by atoms with Gasteiger partial charge < -0.3 is 16.0 Å². The molecular weight excluding hydrogens is 346 g/mol. The van der Waals surface area contributed by atoms with Crippen LogP contribution in [0.3, 0.4) is 0 Å². The Labute approximate surface area is 148 Å². The van der Waals surface area contributed by atoms with Crippen molar-refractivity contribution in [3.8, 4) is 0 Å². The van der Waals surface area contributed by atoms with E-state index in [4.69, 9.17) is 5.73 Å². The van der Waals surface area contributed by atoms with Crippen LogP contribution in [0.5, 0.6) is 0 Å². The molecule has 2 aromatic rings. The first-order valence-electron chi connectivity index (χ1n) is 7.22. The van der Waals surface area contributed by atoms with Crippen LogP contribution in [0.4, 0.5) is 10.8 Å². The van der Waals surface area contributed by atoms with E-state index in [2.05, 4.69) is 15.5 Å². The van der Waals surface area contributed by atoms with Crippen LogP contribution < -0.4 is 11.1 Å². The van der Waals surface area contributed by atoms with Crippen molar-refractivity contribution in [1.82, 2.24) is 15.1 Å². The highest BCUT2D eigenvalue weighted by Crippen LogP contribution is 2.28. The molecule has 3 N–H and O–H groups in total. The van der Waals surface area contributed by atoms with Crippen molar-refractivity contribution >= 4 is 45.7 Å². The van der Waals surface area contributed by atoms with E-state index in [1.54, 1.807) is 14.0 Å². The molecule has 128 valence electrons. The van der Waals surface area contributed by atoms with Gasteiger partial charge in [0.1, 0.15) is 0 Å². The van der Waals surface area contributed by atoms with Crippen LogP contribution in [0.2, 0.25) is 0 Å². The van der Waals surface area contributed by atoms with Crippen molar-refractivity contribution in [3.63, 3.8) is 0 Å². The summed E-state index contributed by atoms with van der Waals surface area (Å²) in [6.45, 7) is 3.72. The lowest BCUT2D eigenvalue weighted by atomic mass is 10.2. The number of benzene rings is 1. The predicted molar refractivity (Wildman–Crippen MR) is 97.1 cm³/mol. The van der Waals surface area contributed by atoms with E-state index >= 15 is 0 Å². The minimum absolute atomic E-state index is 0.0180. The fraction of sp³-hybridized carbons (Fsp3) is 0.333. The highest BCUT2D eigenvalue weighted by molar-refractivity contribution is 8.02. The SMILES string of the molecule is Cc1ccc(NC(=O)CN(C)C(=O)[C@@H](C)Sc2nnc(N)s2)cc1. The summed E-state index contributed by atoms with van der Waals surface area (Å²) in [5.41, 5.74) is 7.34. The van der Waals surface area contributed by atoms with Gasteiger partial charge in [-0.1, -0.05) is 40.8 Å². The minimum atomic E-state index is -0.380. The number of nitrogen functional groups attached to an aromatic ring is 1. The number of amides is 2. The van der Waals surface area contributed by atoms with Crippen LogP contribution in [0, 0.1) is 6.92 Å². The highest BCUT2D eigenvalue weighted by Gasteiger charge is 2.22. The summed E-state index contributed by atoms with van der Waals surface area (Å²) in [6.07, 6.45) is 0. The largest absolute Gasteiger partial charge is 0.374 e. The van der Waals surface area contributed by atoms with Crippen molar-refractivity contribution in [1.29, 1.82) is 0 Å². The molecule has 1 aromatic heterocycles. The molecule has 0 saturated heterocycles. The molecule has 0 unspecified atom stereocenters. The molecule has 0 aliphatic heterocycles. The molecule has 0 bridgehead atoms. The summed E-state index contributed by atoms with van der Waals surface area (Å²) in [5.74, 6) is -0.403. The third-order valence-corrected chi connectivity index (χ3v) is 5.06. The van der Waals surface area contributed by atoms with Crippen LogP contribution in [0.15, 0.2) is 28.6 Å². The van der Waals surface area contributed by atoms with Gasteiger partial charge in [-0.25, -0.2) is 0 Å². The molecule has 1 atom stereocenters. The van der Waals surface area contributed by atoms with Gasteiger partial charge in [-0.3, -0.25) is 9.59 Å². The molecule has 0 aliphatic rings. The number of aryl methyl sites for hydroxylation is 1. The van der Waals surface area contributed by atoms with Crippen LogP contribution in [-0.4, -0.2) is 45.8 Å². The van der Waals surface area contributed by atoms with Crippen LogP contribution in [0.1, 0.15) is 12.5 Å². The molecule has 0 aliphatic carbocycles. The molecule has 7 nitrogen and oxygen atoms in total. The summed E-state index contributed by atoms with van der Waals surface area (Å²) in [4.78, 5) is 25.8. The Balaban J connectivity index is 1.85. The average Bonchev–Trinajstić information content (AvgIpc) is 2.93. The number of likely N-dealkylation sites (N-methyl/N-ethyl adjacent to an activating group) is 1. The third kappa shape index (κ3) is 5.20. The lowest BCUT2D eigenvalue weighted by Gasteiger charge is -2.20. The van der Waals surface area contributed by atoms with Crippen molar-refractivity contribution in [3.05, 3.63) is 29.8 Å². The van der Waals surface area contributed by atoms with E-state index in [-0.39, 0.29) is 23.6 Å². The van der Waals surface area contributed by atoms with Gasteiger partial charge in [0.15, 0.2) is 4.34 Å². The normalized spacial score (nSPS) is 11.8. The number of hydrogen-bond donors (Lipinski definition) is 2. The molecule has 9 heteroatoms. The first kappa shape index (κ1) is 18.2. The zero-order valence-electron chi connectivity index (χ0n) is 13.6. The van der Waals surface area contributed by atoms with Crippen molar-refractivity contribution in [2.45, 2.75) is 23.4 Å². The Hall–Kier alpha value is -2.13. The molecule has 2 amide bonds. The number of carbonyl (C=O) groups is 2. The molecule has 1 aromatic carbocycles. The molecule has 24 heavy (non-hydrogen) atoms. The molecule has 0 fully saturated rings. The minimum Gasteiger partial charge on any atom is -0.374 e. The maximum Gasteiger partial charge on any atom is 0.243 e. The van der Waals surface area contributed by atoms with E-state index in [0.29, 0.717) is 15.2 Å². The van der Waals surface area contributed by atoms with E-state index in [9.17, 15) is 9.59 Å². The second kappa shape index (κ2) is 8.11. The monoisotopic (exact) mass is 365 g/mol. The van der Waals surface area contributed by atoms with Gasteiger partial charge >= 0.3 is 0 Å². The number of anilines is 2. The summed E-state index contributed by atoms with van der Waals surface area (Å²) < 4.78 is 0.630. The lowest BCUT2D eigenvalue weighted by Crippen LogP contribution is -2.38. The molecule has 2 rings (SSSR count). The lowest BCUT2D eigenvalue weighted by molar-refractivity contribution is -0.132. The van der Waals surface area contributed by atoms with Gasteiger partial charge in [-0.05, 0) is 26.0 Å². The molecule has 0 saturated carbocycles. The number of nitrogens with zero attached hydrogens (tertiary/aromatic N) is 3. The van der Waals surface area contributed by atoms with Crippen molar-refractivity contribution in [2.24, 2.45) is 0 Å². The van der Waals surface area contributed by atoms with Gasteiger partial charge in [0, 0.05) is 12.7 Å². The number of carbonyl (C=O) groups excluding carboxylic acids is 2.